The minimum absolute atomic E-state index is 0.369. The van der Waals surface area contributed by atoms with Gasteiger partial charge in [-0.25, -0.2) is 0 Å². The molecule has 138 valence electrons. The molecule has 0 saturated carbocycles. The van der Waals surface area contributed by atoms with Gasteiger partial charge in [-0.1, -0.05) is 91.0 Å². The first-order valence-electron chi connectivity index (χ1n) is 9.60. The third kappa shape index (κ3) is 3.39. The minimum Gasteiger partial charge on any atom is -0.539 e. The second kappa shape index (κ2) is 7.59. The van der Waals surface area contributed by atoms with Crippen LogP contribution in [0, 0.1) is 0 Å². The zero-order valence-corrected chi connectivity index (χ0v) is 18.0. The van der Waals surface area contributed by atoms with Gasteiger partial charge in [0.2, 0.25) is 0 Å². The Morgan fingerprint density at radius 3 is 1.96 bits per heavy atom. The largest absolute Gasteiger partial charge is 0.539 e. The van der Waals surface area contributed by atoms with Crippen LogP contribution in [0.4, 0.5) is 0 Å². The van der Waals surface area contributed by atoms with Crippen molar-refractivity contribution in [2.24, 2.45) is 0 Å². The molecule has 28 heavy (non-hydrogen) atoms. The highest BCUT2D eigenvalue weighted by Crippen LogP contribution is 2.85. The molecule has 0 aliphatic carbocycles. The number of allylic oxidation sites excluding steroid dienone is 3. The van der Waals surface area contributed by atoms with Crippen molar-refractivity contribution in [1.29, 1.82) is 0 Å². The van der Waals surface area contributed by atoms with Gasteiger partial charge in [0.1, 0.15) is 0 Å². The van der Waals surface area contributed by atoms with Crippen molar-refractivity contribution in [2.45, 2.75) is 11.2 Å². The van der Waals surface area contributed by atoms with Crippen molar-refractivity contribution in [3.8, 4) is 0 Å². The van der Waals surface area contributed by atoms with E-state index in [-0.39, 0.29) is 0 Å². The predicted molar refractivity (Wildman–Crippen MR) is 128 cm³/mol. The first-order valence-corrected chi connectivity index (χ1v) is 14.1. The molecule has 0 fully saturated rings. The maximum atomic E-state index is 6.36. The molecule has 3 aromatic rings. The van der Waals surface area contributed by atoms with Gasteiger partial charge in [-0.3, -0.25) is 0 Å². The maximum Gasteiger partial charge on any atom is 0.0876 e. The van der Waals surface area contributed by atoms with Crippen LogP contribution >= 0.6 is 17.0 Å². The lowest BCUT2D eigenvalue weighted by atomic mass is 9.87. The Morgan fingerprint density at radius 2 is 1.32 bits per heavy atom. The lowest BCUT2D eigenvalue weighted by molar-refractivity contribution is 0.992. The first-order chi connectivity index (χ1) is 13.7. The quantitative estimate of drug-likeness (QED) is 0.318. The Morgan fingerprint density at radius 1 is 0.750 bits per heavy atom. The van der Waals surface area contributed by atoms with Crippen molar-refractivity contribution in [3.63, 3.8) is 0 Å². The van der Waals surface area contributed by atoms with Crippen molar-refractivity contribution < 1.29 is 0 Å². The summed E-state index contributed by atoms with van der Waals surface area (Å²) in [7, 11) is 0. The molecule has 3 heteroatoms. The molecular formula is C25H21PS2. The standard InChI is InChI=1S/C25H21PS2/c27-26-18-24(20-12-6-2-7-13-20)23(19-10-4-1-5-11-19)16-22(26)17-25(28-26)21-14-8-3-9-15-21/h1-17,24-25H,18H2. The van der Waals surface area contributed by atoms with E-state index in [0.717, 1.165) is 6.16 Å². The van der Waals surface area contributed by atoms with E-state index < -0.39 is 5.67 Å². The van der Waals surface area contributed by atoms with E-state index in [4.69, 9.17) is 12.2 Å². The third-order valence-corrected chi connectivity index (χ3v) is 13.1. The van der Waals surface area contributed by atoms with Crippen LogP contribution < -0.4 is 0 Å². The molecule has 0 aromatic heterocycles. The summed E-state index contributed by atoms with van der Waals surface area (Å²) in [5, 5.41) is 1.79. The number of rotatable bonds is 3. The van der Waals surface area contributed by atoms with E-state index in [0.29, 0.717) is 11.2 Å². The Balaban J connectivity index is 1.60. The average Bonchev–Trinajstić information content (AvgIpc) is 3.11. The first kappa shape index (κ1) is 18.3. The van der Waals surface area contributed by atoms with Gasteiger partial charge in [0.15, 0.2) is 0 Å². The molecule has 3 aromatic carbocycles. The summed E-state index contributed by atoms with van der Waals surface area (Å²) < 4.78 is 0. The molecule has 0 amide bonds. The number of fused-ring (bicyclic) bond motifs is 1. The number of hydrogen-bond acceptors (Lipinski definition) is 2. The molecule has 0 saturated heterocycles. The van der Waals surface area contributed by atoms with E-state index in [9.17, 15) is 0 Å². The van der Waals surface area contributed by atoms with Gasteiger partial charge in [-0.2, -0.15) is 0 Å². The Kier molecular flexibility index (Phi) is 4.97. The fourth-order valence-electron chi connectivity index (χ4n) is 4.12. The molecular weight excluding hydrogens is 395 g/mol. The van der Waals surface area contributed by atoms with Crippen LogP contribution in [0.25, 0.3) is 5.57 Å². The zero-order chi connectivity index (χ0) is 19.0. The second-order valence-electron chi connectivity index (χ2n) is 7.31. The van der Waals surface area contributed by atoms with Gasteiger partial charge in [0, 0.05) is 17.3 Å². The summed E-state index contributed by atoms with van der Waals surface area (Å²) in [6.07, 6.45) is 5.92. The highest BCUT2D eigenvalue weighted by Gasteiger charge is 2.45. The highest BCUT2D eigenvalue weighted by atomic mass is 33.1. The van der Waals surface area contributed by atoms with Crippen LogP contribution in [0.3, 0.4) is 0 Å². The van der Waals surface area contributed by atoms with Crippen LogP contribution in [0.5, 0.6) is 0 Å². The highest BCUT2D eigenvalue weighted by molar-refractivity contribution is 8.87. The summed E-state index contributed by atoms with van der Waals surface area (Å²) in [5.74, 6) is 0.369. The zero-order valence-electron chi connectivity index (χ0n) is 15.4. The normalized spacial score (nSPS) is 26.3. The SMILES string of the molecule is [S-][P+]12CC(c3ccccc3)C(c3ccccc3)=CC1=CC(c1ccccc1)S2. The molecule has 0 spiro atoms. The summed E-state index contributed by atoms with van der Waals surface area (Å²) in [6, 6.07) is 32.5. The summed E-state index contributed by atoms with van der Waals surface area (Å²) in [4.78, 5) is 0. The lowest BCUT2D eigenvalue weighted by Crippen LogP contribution is -2.13. The lowest BCUT2D eigenvalue weighted by Gasteiger charge is -2.37. The number of benzene rings is 3. The Hall–Kier alpha value is -1.73. The van der Waals surface area contributed by atoms with Crippen molar-refractivity contribution >= 4 is 34.9 Å². The van der Waals surface area contributed by atoms with E-state index in [1.54, 1.807) is 0 Å². The average molecular weight is 417 g/mol. The van der Waals surface area contributed by atoms with Crippen LogP contribution in [-0.4, -0.2) is 6.16 Å². The van der Waals surface area contributed by atoms with Crippen LogP contribution in [0.2, 0.25) is 0 Å². The molecule has 2 aliphatic rings. The van der Waals surface area contributed by atoms with Crippen LogP contribution in [-0.2, 0) is 12.2 Å². The molecule has 5 rings (SSSR count). The predicted octanol–water partition coefficient (Wildman–Crippen LogP) is 7.63. The fraction of sp³-hybridized carbons (Fsp3) is 0.120. The molecule has 0 bridgehead atoms. The minimum atomic E-state index is -1.64. The van der Waals surface area contributed by atoms with Crippen molar-refractivity contribution in [3.05, 3.63) is 125 Å². The Labute approximate surface area is 177 Å². The topological polar surface area (TPSA) is 0 Å². The molecule has 2 heterocycles. The monoisotopic (exact) mass is 416 g/mol. The van der Waals surface area contributed by atoms with Gasteiger partial charge >= 0.3 is 0 Å². The Bertz CT molecular complexity index is 1030. The molecule has 0 N–H and O–H groups in total. The van der Waals surface area contributed by atoms with E-state index in [1.165, 1.54) is 27.6 Å². The molecule has 3 unspecified atom stereocenters. The van der Waals surface area contributed by atoms with Gasteiger partial charge in [-0.15, -0.1) is 0 Å². The van der Waals surface area contributed by atoms with E-state index in [2.05, 4.69) is 103 Å². The maximum absolute atomic E-state index is 6.36. The third-order valence-electron chi connectivity index (χ3n) is 5.54. The molecule has 2 aliphatic heterocycles. The van der Waals surface area contributed by atoms with Gasteiger partial charge in [0.05, 0.1) is 16.7 Å². The molecule has 3 atom stereocenters. The summed E-state index contributed by atoms with van der Waals surface area (Å²) >= 11 is 8.39. The smallest absolute Gasteiger partial charge is 0.0876 e. The van der Waals surface area contributed by atoms with E-state index >= 15 is 0 Å². The van der Waals surface area contributed by atoms with Gasteiger partial charge < -0.3 is 12.2 Å². The number of hydrogen-bond donors (Lipinski definition) is 0. The van der Waals surface area contributed by atoms with Crippen LogP contribution in [0.15, 0.2) is 108 Å². The second-order valence-corrected chi connectivity index (χ2v) is 15.3. The summed E-state index contributed by atoms with van der Waals surface area (Å²) in [6.45, 7) is 0. The van der Waals surface area contributed by atoms with Crippen molar-refractivity contribution in [2.75, 3.05) is 6.16 Å². The summed E-state index contributed by atoms with van der Waals surface area (Å²) in [5.41, 5.74) is 3.83. The van der Waals surface area contributed by atoms with Gasteiger partial charge in [-0.05, 0) is 40.1 Å². The molecule has 0 radical (unpaired) electrons. The van der Waals surface area contributed by atoms with Gasteiger partial charge in [0.25, 0.3) is 0 Å². The van der Waals surface area contributed by atoms with E-state index in [1.807, 2.05) is 11.4 Å². The van der Waals surface area contributed by atoms with Crippen molar-refractivity contribution in [1.82, 2.24) is 0 Å². The molecule has 0 nitrogen and oxygen atoms in total. The fourth-order valence-corrected chi connectivity index (χ4v) is 11.8. The van der Waals surface area contributed by atoms with Crippen LogP contribution in [0.1, 0.15) is 27.9 Å².